The number of fused-ring (bicyclic) bond motifs is 2. The van der Waals surface area contributed by atoms with Crippen LogP contribution in [0.3, 0.4) is 0 Å². The number of aromatic nitrogens is 4. The molecular formula is C22H26N6O2S. The van der Waals surface area contributed by atoms with Gasteiger partial charge in [0.05, 0.1) is 29.8 Å². The van der Waals surface area contributed by atoms with Gasteiger partial charge >= 0.3 is 0 Å². The van der Waals surface area contributed by atoms with Crippen LogP contribution in [-0.4, -0.2) is 66.8 Å². The van der Waals surface area contributed by atoms with Gasteiger partial charge in [-0.3, -0.25) is 14.1 Å². The Morgan fingerprint density at radius 2 is 2.00 bits per heavy atom. The normalized spacial score (nSPS) is 19.7. The highest BCUT2D eigenvalue weighted by molar-refractivity contribution is 7.15. The van der Waals surface area contributed by atoms with Crippen LogP contribution < -0.4 is 0 Å². The highest BCUT2D eigenvalue weighted by Crippen LogP contribution is 2.23. The summed E-state index contributed by atoms with van der Waals surface area (Å²) in [5.74, 6) is -0.0175. The van der Waals surface area contributed by atoms with Gasteiger partial charge in [0.2, 0.25) is 0 Å². The Bertz CT molecular complexity index is 1220. The second-order valence-electron chi connectivity index (χ2n) is 8.28. The third-order valence-electron chi connectivity index (χ3n) is 5.62. The molecule has 0 N–H and O–H groups in total. The first-order valence-electron chi connectivity index (χ1n) is 10.5. The maximum Gasteiger partial charge on any atom is 0.274 e. The minimum atomic E-state index is -0.0175. The highest BCUT2D eigenvalue weighted by Gasteiger charge is 2.30. The van der Waals surface area contributed by atoms with Crippen molar-refractivity contribution in [2.24, 2.45) is 0 Å². The maximum atomic E-state index is 13.4. The zero-order valence-electron chi connectivity index (χ0n) is 17.9. The molecule has 5 rings (SSSR count). The third-order valence-corrected chi connectivity index (χ3v) is 6.37. The predicted octanol–water partition coefficient (Wildman–Crippen LogP) is 2.92. The molecule has 162 valence electrons. The van der Waals surface area contributed by atoms with Crippen LogP contribution in [0.5, 0.6) is 0 Å². The zero-order chi connectivity index (χ0) is 21.5. The fourth-order valence-electron chi connectivity index (χ4n) is 4.34. The van der Waals surface area contributed by atoms with E-state index in [2.05, 4.69) is 21.3 Å². The number of morpholine rings is 1. The van der Waals surface area contributed by atoms with Gasteiger partial charge in [-0.25, -0.2) is 9.97 Å². The Hall–Kier alpha value is -2.75. The van der Waals surface area contributed by atoms with Crippen molar-refractivity contribution in [2.45, 2.75) is 39.1 Å². The van der Waals surface area contributed by atoms with Crippen molar-refractivity contribution >= 4 is 27.9 Å². The Kier molecular flexibility index (Phi) is 5.25. The topological polar surface area (TPSA) is 67.4 Å². The van der Waals surface area contributed by atoms with E-state index in [9.17, 15) is 4.79 Å². The van der Waals surface area contributed by atoms with E-state index in [1.807, 2.05) is 65.3 Å². The molecule has 1 aliphatic heterocycles. The van der Waals surface area contributed by atoms with Crippen molar-refractivity contribution in [2.75, 3.05) is 20.1 Å². The fourth-order valence-corrected chi connectivity index (χ4v) is 5.07. The van der Waals surface area contributed by atoms with Crippen LogP contribution >= 0.6 is 11.3 Å². The van der Waals surface area contributed by atoms with E-state index >= 15 is 0 Å². The fraction of sp³-hybridized carbons (Fsp3) is 0.409. The smallest absolute Gasteiger partial charge is 0.274 e. The number of thiazole rings is 1. The van der Waals surface area contributed by atoms with Crippen LogP contribution in [0.15, 0.2) is 42.2 Å². The first kappa shape index (κ1) is 20.2. The van der Waals surface area contributed by atoms with Crippen LogP contribution in [0, 0.1) is 0 Å². The number of carbonyl (C=O) groups is 1. The lowest BCUT2D eigenvalue weighted by atomic mass is 10.2. The number of hydrogen-bond donors (Lipinski definition) is 0. The summed E-state index contributed by atoms with van der Waals surface area (Å²) in [7, 11) is 2.06. The van der Waals surface area contributed by atoms with Crippen molar-refractivity contribution in [3.63, 3.8) is 0 Å². The first-order chi connectivity index (χ1) is 15.0. The molecule has 0 saturated carbocycles. The molecule has 1 amide bonds. The van der Waals surface area contributed by atoms with Gasteiger partial charge in [-0.15, -0.1) is 11.3 Å². The monoisotopic (exact) mass is 438 g/mol. The maximum absolute atomic E-state index is 13.4. The molecule has 9 heteroatoms. The van der Waals surface area contributed by atoms with E-state index in [1.165, 1.54) is 0 Å². The number of nitrogens with zero attached hydrogens (tertiary/aromatic N) is 6. The Morgan fingerprint density at radius 3 is 2.81 bits per heavy atom. The predicted molar refractivity (Wildman–Crippen MR) is 119 cm³/mol. The number of hydrogen-bond acceptors (Lipinski definition) is 6. The van der Waals surface area contributed by atoms with E-state index in [-0.39, 0.29) is 18.1 Å². The molecule has 0 radical (unpaired) electrons. The van der Waals surface area contributed by atoms with Crippen LogP contribution in [0.4, 0.5) is 0 Å². The van der Waals surface area contributed by atoms with Gasteiger partial charge in [0.15, 0.2) is 10.7 Å². The Morgan fingerprint density at radius 1 is 1.19 bits per heavy atom. The number of ether oxygens (including phenoxy) is 1. The van der Waals surface area contributed by atoms with Gasteiger partial charge in [0, 0.05) is 44.0 Å². The summed E-state index contributed by atoms with van der Waals surface area (Å²) < 4.78 is 9.93. The first-order valence-corrected chi connectivity index (χ1v) is 11.4. The third kappa shape index (κ3) is 3.84. The molecule has 31 heavy (non-hydrogen) atoms. The summed E-state index contributed by atoms with van der Waals surface area (Å²) in [5.41, 5.74) is 3.50. The molecule has 0 unspecified atom stereocenters. The highest BCUT2D eigenvalue weighted by atomic mass is 32.1. The number of rotatable bonds is 5. The lowest BCUT2D eigenvalue weighted by Gasteiger charge is -2.35. The SMILES string of the molecule is C[C@@H]1CN(C(=O)c2nc3sccn3c2CN(C)Cc2cnc3ccccn23)C[C@H](C)O1. The number of pyridine rings is 1. The van der Waals surface area contributed by atoms with E-state index in [0.717, 1.165) is 22.0 Å². The molecule has 0 spiro atoms. The second kappa shape index (κ2) is 8.07. The lowest BCUT2D eigenvalue weighted by molar-refractivity contribution is -0.0587. The van der Waals surface area contributed by atoms with Crippen molar-refractivity contribution in [1.29, 1.82) is 0 Å². The molecule has 8 nitrogen and oxygen atoms in total. The quantitative estimate of drug-likeness (QED) is 0.479. The van der Waals surface area contributed by atoms with Crippen molar-refractivity contribution in [3.05, 3.63) is 59.3 Å². The molecule has 5 heterocycles. The summed E-state index contributed by atoms with van der Waals surface area (Å²) >= 11 is 1.55. The molecular weight excluding hydrogens is 412 g/mol. The summed E-state index contributed by atoms with van der Waals surface area (Å²) in [6, 6.07) is 5.99. The minimum absolute atomic E-state index is 0.0175. The van der Waals surface area contributed by atoms with E-state index < -0.39 is 0 Å². The van der Waals surface area contributed by atoms with Gasteiger partial charge < -0.3 is 14.0 Å². The van der Waals surface area contributed by atoms with Crippen LogP contribution in [0.25, 0.3) is 10.6 Å². The van der Waals surface area contributed by atoms with Crippen LogP contribution in [0.1, 0.15) is 35.7 Å². The molecule has 1 saturated heterocycles. The molecule has 4 aromatic rings. The van der Waals surface area contributed by atoms with Gasteiger partial charge in [-0.1, -0.05) is 6.07 Å². The lowest BCUT2D eigenvalue weighted by Crippen LogP contribution is -2.48. The summed E-state index contributed by atoms with van der Waals surface area (Å²) in [5, 5.41) is 2.00. The van der Waals surface area contributed by atoms with Crippen molar-refractivity contribution in [3.8, 4) is 0 Å². The molecule has 1 aliphatic rings. The molecule has 0 aromatic carbocycles. The average molecular weight is 439 g/mol. The average Bonchev–Trinajstić information content (AvgIpc) is 3.43. The number of carbonyl (C=O) groups excluding carboxylic acids is 1. The second-order valence-corrected chi connectivity index (χ2v) is 9.15. The minimum Gasteiger partial charge on any atom is -0.372 e. The van der Waals surface area contributed by atoms with E-state index in [0.29, 0.717) is 31.9 Å². The molecule has 1 fully saturated rings. The Labute approximate surface area is 184 Å². The summed E-state index contributed by atoms with van der Waals surface area (Å²) in [6.45, 7) is 6.51. The molecule has 0 aliphatic carbocycles. The van der Waals surface area contributed by atoms with Gasteiger partial charge in [-0.2, -0.15) is 0 Å². The summed E-state index contributed by atoms with van der Waals surface area (Å²) in [4.78, 5) is 27.5. The molecule has 4 aromatic heterocycles. The largest absolute Gasteiger partial charge is 0.372 e. The van der Waals surface area contributed by atoms with Gasteiger partial charge in [-0.05, 0) is 33.0 Å². The number of amides is 1. The molecule has 2 atom stereocenters. The zero-order valence-corrected chi connectivity index (χ0v) is 18.7. The van der Waals surface area contributed by atoms with Crippen LogP contribution in [-0.2, 0) is 17.8 Å². The standard InChI is InChI=1S/C22H26N6O2S/c1-15-11-26(12-16(2)30-15)21(29)20-18(28-8-9-31-22(28)24-20)14-25(3)13-17-10-23-19-6-4-5-7-27(17)19/h4-10,15-16H,11-14H2,1-3H3/t15-,16+. The van der Waals surface area contributed by atoms with E-state index in [4.69, 9.17) is 9.72 Å². The molecule has 0 bridgehead atoms. The van der Waals surface area contributed by atoms with Crippen LogP contribution in [0.2, 0.25) is 0 Å². The Balaban J connectivity index is 1.41. The number of imidazole rings is 2. The van der Waals surface area contributed by atoms with E-state index in [1.54, 1.807) is 11.3 Å². The summed E-state index contributed by atoms with van der Waals surface area (Å²) in [6.07, 6.45) is 5.98. The van der Waals surface area contributed by atoms with Crippen molar-refractivity contribution in [1.82, 2.24) is 28.6 Å². The van der Waals surface area contributed by atoms with Gasteiger partial charge in [0.1, 0.15) is 5.65 Å². The van der Waals surface area contributed by atoms with Crippen molar-refractivity contribution < 1.29 is 9.53 Å². The van der Waals surface area contributed by atoms with Gasteiger partial charge in [0.25, 0.3) is 5.91 Å².